The summed E-state index contributed by atoms with van der Waals surface area (Å²) in [6.07, 6.45) is 2.80. The highest BCUT2D eigenvalue weighted by molar-refractivity contribution is 6.32. The third kappa shape index (κ3) is 3.24. The summed E-state index contributed by atoms with van der Waals surface area (Å²) in [4.78, 5) is 14.4. The Morgan fingerprint density at radius 3 is 2.76 bits per heavy atom. The van der Waals surface area contributed by atoms with Crippen molar-refractivity contribution < 1.29 is 19.4 Å². The lowest BCUT2D eigenvalue weighted by Crippen LogP contribution is -2.45. The molecule has 0 aliphatic carbocycles. The Morgan fingerprint density at radius 1 is 1.38 bits per heavy atom. The number of hydrogen-bond donors (Lipinski definition) is 1. The zero-order chi connectivity index (χ0) is 15.4. The molecule has 1 unspecified atom stereocenters. The number of benzene rings is 1. The van der Waals surface area contributed by atoms with Gasteiger partial charge in [0, 0.05) is 12.1 Å². The van der Waals surface area contributed by atoms with Gasteiger partial charge < -0.3 is 19.5 Å². The molecule has 1 amide bonds. The van der Waals surface area contributed by atoms with Gasteiger partial charge in [0.1, 0.15) is 0 Å². The predicted octanol–water partition coefficient (Wildman–Crippen LogP) is 2.34. The molecule has 1 fully saturated rings. The smallest absolute Gasteiger partial charge is 0.254 e. The molecule has 1 aromatic carbocycles. The number of halogens is 1. The molecule has 0 radical (unpaired) electrons. The summed E-state index contributed by atoms with van der Waals surface area (Å²) < 4.78 is 10.4. The minimum atomic E-state index is -0.142. The maximum Gasteiger partial charge on any atom is 0.254 e. The summed E-state index contributed by atoms with van der Waals surface area (Å²) in [5, 5.41) is 9.76. The third-order valence-electron chi connectivity index (χ3n) is 3.78. The number of ether oxygens (including phenoxy) is 2. The van der Waals surface area contributed by atoms with Gasteiger partial charge in [0.15, 0.2) is 11.5 Å². The number of carbonyl (C=O) groups is 1. The van der Waals surface area contributed by atoms with Crippen LogP contribution in [0.4, 0.5) is 0 Å². The molecule has 0 bridgehead atoms. The average molecular weight is 314 g/mol. The highest BCUT2D eigenvalue weighted by Crippen LogP contribution is 2.36. The zero-order valence-electron chi connectivity index (χ0n) is 12.3. The van der Waals surface area contributed by atoms with E-state index in [2.05, 4.69) is 0 Å². The van der Waals surface area contributed by atoms with Gasteiger partial charge in [0.25, 0.3) is 5.91 Å². The normalized spacial score (nSPS) is 18.5. The van der Waals surface area contributed by atoms with Crippen LogP contribution in [0, 0.1) is 0 Å². The largest absolute Gasteiger partial charge is 0.493 e. The van der Waals surface area contributed by atoms with E-state index in [1.165, 1.54) is 14.2 Å². The Kier molecular flexibility index (Phi) is 5.31. The van der Waals surface area contributed by atoms with Crippen molar-refractivity contribution in [2.24, 2.45) is 0 Å². The Hall–Kier alpha value is -1.46. The molecule has 0 saturated carbocycles. The molecular formula is C15H20ClNO4. The SMILES string of the molecule is COc1cc(C(=O)N2CCCCC2CO)cc(Cl)c1OC. The van der Waals surface area contributed by atoms with E-state index in [4.69, 9.17) is 21.1 Å². The molecular weight excluding hydrogens is 294 g/mol. The zero-order valence-corrected chi connectivity index (χ0v) is 13.0. The van der Waals surface area contributed by atoms with E-state index in [0.29, 0.717) is 28.6 Å². The van der Waals surface area contributed by atoms with Crippen LogP contribution in [-0.4, -0.2) is 49.3 Å². The first kappa shape index (κ1) is 15.9. The van der Waals surface area contributed by atoms with Gasteiger partial charge >= 0.3 is 0 Å². The fourth-order valence-electron chi connectivity index (χ4n) is 2.66. The van der Waals surface area contributed by atoms with E-state index < -0.39 is 0 Å². The second-order valence-corrected chi connectivity index (χ2v) is 5.43. The van der Waals surface area contributed by atoms with E-state index in [1.807, 2.05) is 0 Å². The molecule has 1 aliphatic rings. The van der Waals surface area contributed by atoms with Crippen LogP contribution < -0.4 is 9.47 Å². The Morgan fingerprint density at radius 2 is 2.14 bits per heavy atom. The number of nitrogens with zero attached hydrogens (tertiary/aromatic N) is 1. The van der Waals surface area contributed by atoms with E-state index in [-0.39, 0.29) is 18.6 Å². The van der Waals surface area contributed by atoms with Crippen LogP contribution in [0.15, 0.2) is 12.1 Å². The molecule has 1 aromatic rings. The molecule has 1 atom stereocenters. The van der Waals surface area contributed by atoms with Crippen LogP contribution in [0.2, 0.25) is 5.02 Å². The van der Waals surface area contributed by atoms with Crippen molar-refractivity contribution in [2.45, 2.75) is 25.3 Å². The summed E-state index contributed by atoms with van der Waals surface area (Å²) >= 11 is 6.14. The number of rotatable bonds is 4. The lowest BCUT2D eigenvalue weighted by atomic mass is 10.0. The molecule has 2 rings (SSSR count). The molecule has 1 aliphatic heterocycles. The summed E-state index contributed by atoms with van der Waals surface area (Å²) in [7, 11) is 3.00. The first-order valence-electron chi connectivity index (χ1n) is 6.95. The Bertz CT molecular complexity index is 521. The standard InChI is InChI=1S/C15H20ClNO4/c1-20-13-8-10(7-12(16)14(13)21-2)15(19)17-6-4-3-5-11(17)9-18/h7-8,11,18H,3-6,9H2,1-2H3. The number of aliphatic hydroxyl groups excluding tert-OH is 1. The summed E-state index contributed by atoms with van der Waals surface area (Å²) in [6, 6.07) is 3.07. The van der Waals surface area contributed by atoms with Gasteiger partial charge in [0.2, 0.25) is 0 Å². The Balaban J connectivity index is 2.32. The van der Waals surface area contributed by atoms with Crippen molar-refractivity contribution in [1.82, 2.24) is 4.90 Å². The number of aliphatic hydroxyl groups is 1. The van der Waals surface area contributed by atoms with Gasteiger partial charge in [-0.25, -0.2) is 0 Å². The molecule has 5 nitrogen and oxygen atoms in total. The molecule has 6 heteroatoms. The highest BCUT2D eigenvalue weighted by Gasteiger charge is 2.28. The van der Waals surface area contributed by atoms with Gasteiger partial charge in [0.05, 0.1) is 31.9 Å². The minimum absolute atomic E-state index is 0.0211. The van der Waals surface area contributed by atoms with Crippen molar-refractivity contribution in [2.75, 3.05) is 27.4 Å². The van der Waals surface area contributed by atoms with E-state index in [9.17, 15) is 9.90 Å². The fourth-order valence-corrected chi connectivity index (χ4v) is 2.95. The monoisotopic (exact) mass is 313 g/mol. The van der Waals surface area contributed by atoms with Crippen LogP contribution in [0.1, 0.15) is 29.6 Å². The van der Waals surface area contributed by atoms with Crippen LogP contribution in [0.3, 0.4) is 0 Å². The van der Waals surface area contributed by atoms with E-state index >= 15 is 0 Å². The number of likely N-dealkylation sites (tertiary alicyclic amines) is 1. The van der Waals surface area contributed by atoms with Gasteiger partial charge in [-0.05, 0) is 31.4 Å². The third-order valence-corrected chi connectivity index (χ3v) is 4.06. The summed E-state index contributed by atoms with van der Waals surface area (Å²) in [5.41, 5.74) is 0.443. The number of piperidine rings is 1. The first-order valence-corrected chi connectivity index (χ1v) is 7.33. The summed E-state index contributed by atoms with van der Waals surface area (Å²) in [6.45, 7) is 0.628. The van der Waals surface area contributed by atoms with Gasteiger partial charge in [-0.3, -0.25) is 4.79 Å². The van der Waals surface area contributed by atoms with Gasteiger partial charge in [-0.15, -0.1) is 0 Å². The van der Waals surface area contributed by atoms with E-state index in [1.54, 1.807) is 17.0 Å². The molecule has 0 spiro atoms. The molecule has 1 heterocycles. The van der Waals surface area contributed by atoms with Crippen molar-refractivity contribution >= 4 is 17.5 Å². The maximum atomic E-state index is 12.6. The average Bonchev–Trinajstić information content (AvgIpc) is 2.53. The molecule has 1 saturated heterocycles. The second kappa shape index (κ2) is 7.00. The minimum Gasteiger partial charge on any atom is -0.493 e. The van der Waals surface area contributed by atoms with Crippen molar-refractivity contribution in [3.8, 4) is 11.5 Å². The number of amides is 1. The van der Waals surface area contributed by atoms with Gasteiger partial charge in [-0.2, -0.15) is 0 Å². The molecule has 116 valence electrons. The fraction of sp³-hybridized carbons (Fsp3) is 0.533. The lowest BCUT2D eigenvalue weighted by Gasteiger charge is -2.34. The maximum absolute atomic E-state index is 12.6. The predicted molar refractivity (Wildman–Crippen MR) is 80.3 cm³/mol. The van der Waals surface area contributed by atoms with E-state index in [0.717, 1.165) is 19.3 Å². The van der Waals surface area contributed by atoms with Crippen molar-refractivity contribution in [1.29, 1.82) is 0 Å². The van der Waals surface area contributed by atoms with Crippen LogP contribution >= 0.6 is 11.6 Å². The van der Waals surface area contributed by atoms with Crippen LogP contribution in [0.25, 0.3) is 0 Å². The van der Waals surface area contributed by atoms with Gasteiger partial charge in [-0.1, -0.05) is 11.6 Å². The molecule has 0 aromatic heterocycles. The van der Waals surface area contributed by atoms with Crippen molar-refractivity contribution in [3.63, 3.8) is 0 Å². The second-order valence-electron chi connectivity index (χ2n) is 5.02. The number of hydrogen-bond acceptors (Lipinski definition) is 4. The summed E-state index contributed by atoms with van der Waals surface area (Å²) in [5.74, 6) is 0.690. The first-order chi connectivity index (χ1) is 10.1. The topological polar surface area (TPSA) is 59.0 Å². The highest BCUT2D eigenvalue weighted by atomic mass is 35.5. The van der Waals surface area contributed by atoms with Crippen LogP contribution in [0.5, 0.6) is 11.5 Å². The molecule has 21 heavy (non-hydrogen) atoms. The number of carbonyl (C=O) groups excluding carboxylic acids is 1. The van der Waals surface area contributed by atoms with Crippen molar-refractivity contribution in [3.05, 3.63) is 22.7 Å². The van der Waals surface area contributed by atoms with Crippen LogP contribution in [-0.2, 0) is 0 Å². The Labute approximate surface area is 129 Å². The lowest BCUT2D eigenvalue weighted by molar-refractivity contribution is 0.0502. The molecule has 1 N–H and O–H groups in total. The quantitative estimate of drug-likeness (QED) is 0.927. The number of methoxy groups -OCH3 is 2.